The summed E-state index contributed by atoms with van der Waals surface area (Å²) in [5.41, 5.74) is 3.20. The maximum atomic E-state index is 12.1. The van der Waals surface area contributed by atoms with Crippen LogP contribution < -0.4 is 21.3 Å². The first-order valence-electron chi connectivity index (χ1n) is 30.6. The number of alkyl carbamates (subject to hydrolysis) is 4. The number of amides is 4. The van der Waals surface area contributed by atoms with Gasteiger partial charge in [-0.3, -0.25) is 0 Å². The molecule has 0 saturated heterocycles. The SMILES string of the molecule is CCOC(=O)N[C@@H](COC(=O)/C=C/C(=O)OC)c1ccccc1.COC(=O)/C=C/C(=O)OC[C@H](NC(=O)OC(C)(C)C)c1ccccc1.COC(=O)/C=C/C(=O)OC[C@H](NC(=O)OC(C)C)c1ccccc1.COC(=O)/C=C/C(=O)OC[C@H](NC(=O)OCc1ccccc1)c1ccccc1. The number of nitrogens with one attached hydrogen (secondary N) is 4. The highest BCUT2D eigenvalue weighted by Gasteiger charge is 2.24. The van der Waals surface area contributed by atoms with Crippen LogP contribution in [0.1, 0.15) is 93.5 Å². The molecule has 4 amide bonds. The molecule has 0 saturated carbocycles. The van der Waals surface area contributed by atoms with E-state index in [1.165, 1.54) is 28.4 Å². The minimum absolute atomic E-state index is 0.104. The lowest BCUT2D eigenvalue weighted by molar-refractivity contribution is -0.140. The van der Waals surface area contributed by atoms with Crippen molar-refractivity contribution in [1.29, 1.82) is 0 Å². The van der Waals surface area contributed by atoms with Crippen molar-refractivity contribution in [1.82, 2.24) is 21.3 Å². The Morgan fingerprint density at radius 3 is 0.850 bits per heavy atom. The predicted octanol–water partition coefficient (Wildman–Crippen LogP) is 9.33. The van der Waals surface area contributed by atoms with Crippen molar-refractivity contribution in [2.24, 2.45) is 0 Å². The number of methoxy groups -OCH3 is 4. The maximum absolute atomic E-state index is 12.1. The number of hydrogen-bond donors (Lipinski definition) is 4. The molecular weight excluding hydrogens is 1300 g/mol. The number of hydrogen-bond acceptors (Lipinski definition) is 24. The fourth-order valence-electron chi connectivity index (χ4n) is 7.36. The summed E-state index contributed by atoms with van der Waals surface area (Å²) in [5, 5.41) is 10.6. The predicted molar refractivity (Wildman–Crippen MR) is 359 cm³/mol. The highest BCUT2D eigenvalue weighted by Crippen LogP contribution is 2.19. The van der Waals surface area contributed by atoms with Crippen molar-refractivity contribution in [2.45, 2.75) is 84.0 Å². The highest BCUT2D eigenvalue weighted by atomic mass is 16.6. The van der Waals surface area contributed by atoms with Gasteiger partial charge in [-0.15, -0.1) is 0 Å². The lowest BCUT2D eigenvalue weighted by atomic mass is 10.1. The highest BCUT2D eigenvalue weighted by molar-refractivity contribution is 5.93. The zero-order chi connectivity index (χ0) is 74.1. The summed E-state index contributed by atoms with van der Waals surface area (Å²) in [6, 6.07) is 43.0. The molecule has 0 heterocycles. The van der Waals surface area contributed by atoms with Crippen LogP contribution in [0, 0.1) is 0 Å². The molecule has 0 unspecified atom stereocenters. The second-order valence-electron chi connectivity index (χ2n) is 21.1. The van der Waals surface area contributed by atoms with Gasteiger partial charge < -0.3 is 78.1 Å². The zero-order valence-electron chi connectivity index (χ0n) is 57.0. The average molecular weight is 1390 g/mol. The fourth-order valence-corrected chi connectivity index (χ4v) is 7.36. The number of ether oxygens (including phenoxy) is 12. The Morgan fingerprint density at radius 2 is 0.590 bits per heavy atom. The Kier molecular flexibility index (Phi) is 40.8. The van der Waals surface area contributed by atoms with Gasteiger partial charge in [-0.25, -0.2) is 57.5 Å². The van der Waals surface area contributed by atoms with E-state index in [2.05, 4.69) is 40.2 Å². The zero-order valence-corrected chi connectivity index (χ0v) is 57.0. The molecule has 0 aromatic heterocycles. The van der Waals surface area contributed by atoms with Crippen LogP contribution in [-0.4, -0.2) is 145 Å². The molecule has 5 aromatic rings. The van der Waals surface area contributed by atoms with Crippen LogP contribution in [0.3, 0.4) is 0 Å². The van der Waals surface area contributed by atoms with Crippen molar-refractivity contribution < 1.29 is 114 Å². The summed E-state index contributed by atoms with van der Waals surface area (Å²) >= 11 is 0. The number of rotatable bonds is 28. The molecule has 28 heteroatoms. The van der Waals surface area contributed by atoms with Crippen molar-refractivity contribution in [2.75, 3.05) is 61.5 Å². The smallest absolute Gasteiger partial charge is 0.408 e. The van der Waals surface area contributed by atoms with Gasteiger partial charge in [0.25, 0.3) is 0 Å². The van der Waals surface area contributed by atoms with Gasteiger partial charge in [0.1, 0.15) is 38.6 Å². The summed E-state index contributed by atoms with van der Waals surface area (Å²) in [4.78, 5) is 138. The van der Waals surface area contributed by atoms with Crippen molar-refractivity contribution in [3.05, 3.63) is 228 Å². The third-order valence-corrected chi connectivity index (χ3v) is 12.0. The largest absolute Gasteiger partial charge is 0.466 e. The second-order valence-corrected chi connectivity index (χ2v) is 21.1. The molecule has 4 N–H and O–H groups in total. The monoisotopic (exact) mass is 1390 g/mol. The normalized spacial score (nSPS) is 11.8. The summed E-state index contributed by atoms with van der Waals surface area (Å²) < 4.78 is 58.1. The molecule has 0 fully saturated rings. The summed E-state index contributed by atoms with van der Waals surface area (Å²) in [5.74, 6) is -5.55. The Labute approximate surface area is 579 Å². The first-order valence-corrected chi connectivity index (χ1v) is 30.6. The molecule has 0 spiro atoms. The third-order valence-electron chi connectivity index (χ3n) is 12.0. The lowest BCUT2D eigenvalue weighted by Crippen LogP contribution is -2.37. The van der Waals surface area contributed by atoms with E-state index in [4.69, 9.17) is 37.9 Å². The number of esters is 8. The van der Waals surface area contributed by atoms with Crippen molar-refractivity contribution >= 4 is 72.1 Å². The fraction of sp³-hybridized carbons (Fsp3) is 0.306. The van der Waals surface area contributed by atoms with Crippen molar-refractivity contribution in [3.63, 3.8) is 0 Å². The van der Waals surface area contributed by atoms with Gasteiger partial charge in [-0.1, -0.05) is 152 Å². The molecule has 4 atom stereocenters. The minimum Gasteiger partial charge on any atom is -0.466 e. The van der Waals surface area contributed by atoms with E-state index in [9.17, 15) is 57.5 Å². The van der Waals surface area contributed by atoms with E-state index in [0.717, 1.165) is 76.4 Å². The molecule has 0 radical (unpaired) electrons. The van der Waals surface area contributed by atoms with E-state index in [1.54, 1.807) is 139 Å². The Hall–Kier alpha value is -12.1. The van der Waals surface area contributed by atoms with Gasteiger partial charge in [0, 0.05) is 48.6 Å². The molecule has 100 heavy (non-hydrogen) atoms. The van der Waals surface area contributed by atoms with E-state index < -0.39 is 102 Å². The molecule has 0 aliphatic rings. The Balaban J connectivity index is 0.000000455. The second kappa shape index (κ2) is 48.6. The summed E-state index contributed by atoms with van der Waals surface area (Å²) in [6.45, 7) is 10.3. The topological polar surface area (TPSA) is 364 Å². The average Bonchev–Trinajstić information content (AvgIpc) is 0.922. The van der Waals surface area contributed by atoms with Crippen LogP contribution in [0.25, 0.3) is 0 Å². The summed E-state index contributed by atoms with van der Waals surface area (Å²) in [6.07, 6.45) is 4.92. The lowest BCUT2D eigenvalue weighted by Gasteiger charge is -2.23. The Morgan fingerprint density at radius 1 is 0.340 bits per heavy atom. The molecule has 0 aliphatic carbocycles. The van der Waals surface area contributed by atoms with E-state index in [-0.39, 0.29) is 45.7 Å². The van der Waals surface area contributed by atoms with Crippen LogP contribution in [0.2, 0.25) is 0 Å². The number of benzene rings is 5. The molecule has 28 nitrogen and oxygen atoms in total. The van der Waals surface area contributed by atoms with Gasteiger partial charge >= 0.3 is 72.1 Å². The Bertz CT molecular complexity index is 3470. The molecule has 536 valence electrons. The molecule has 0 bridgehead atoms. The van der Waals surface area contributed by atoms with Gasteiger partial charge in [-0.2, -0.15) is 0 Å². The van der Waals surface area contributed by atoms with Crippen LogP contribution in [0.5, 0.6) is 0 Å². The van der Waals surface area contributed by atoms with E-state index in [1.807, 2.05) is 54.6 Å². The third kappa shape index (κ3) is 39.7. The quantitative estimate of drug-likeness (QED) is 0.0206. The van der Waals surface area contributed by atoms with Gasteiger partial charge in [0.05, 0.1) is 65.3 Å². The van der Waals surface area contributed by atoms with Crippen LogP contribution in [0.4, 0.5) is 19.2 Å². The number of carbonyl (C=O) groups excluding carboxylic acids is 12. The van der Waals surface area contributed by atoms with Gasteiger partial charge in [-0.05, 0) is 69.4 Å². The first-order chi connectivity index (χ1) is 47.8. The summed E-state index contributed by atoms with van der Waals surface area (Å²) in [7, 11) is 4.81. The van der Waals surface area contributed by atoms with Gasteiger partial charge in [0.2, 0.25) is 0 Å². The van der Waals surface area contributed by atoms with E-state index >= 15 is 0 Å². The van der Waals surface area contributed by atoms with E-state index in [0.29, 0.717) is 0 Å². The standard InChI is InChI=1S/C21H21NO6.C18H23NO6.C17H21NO6.C16H19NO6/c1-26-19(23)12-13-20(24)27-15-18(17-10-6-3-7-11-17)22-21(25)28-14-16-8-4-2-5-9-16;1-18(2,3)25-17(22)19-14(13-8-6-5-7-9-13)12-24-16(21)11-10-15(20)23-4;1-12(2)24-17(21)18-14(13-7-5-4-6-8-13)11-23-16(20)10-9-15(19)22-3;1-3-22-16(20)17-13(12-7-5-4-6-8-12)11-23-15(19)10-9-14(18)21-2/h2-13,18H,14-15H2,1H3,(H,22,25);5-11,14H,12H2,1-4H3,(H,19,22);4-10,12,14H,11H2,1-3H3,(H,18,21);4-10,13H,3,11H2,1-2H3,(H,17,20)/b13-12+;11-10+;2*10-9+/t18-;2*14-;13-/m0000/s1. The molecule has 5 aromatic carbocycles. The minimum atomic E-state index is -0.731. The molecule has 0 aliphatic heterocycles. The number of carbonyl (C=O) groups is 12. The van der Waals surface area contributed by atoms with Gasteiger partial charge in [0.15, 0.2) is 0 Å². The maximum Gasteiger partial charge on any atom is 0.408 e. The molecule has 5 rings (SSSR count). The first kappa shape index (κ1) is 84.0. The van der Waals surface area contributed by atoms with Crippen LogP contribution >= 0.6 is 0 Å². The molecular formula is C72H84N4O24. The van der Waals surface area contributed by atoms with Crippen LogP contribution in [0.15, 0.2) is 200 Å². The van der Waals surface area contributed by atoms with Crippen molar-refractivity contribution in [3.8, 4) is 0 Å². The van der Waals surface area contributed by atoms with Crippen LogP contribution in [-0.2, 0) is 102 Å².